The van der Waals surface area contributed by atoms with Crippen molar-refractivity contribution in [1.29, 1.82) is 0 Å². The fraction of sp³-hybridized carbons (Fsp3) is 0.600. The largest absolute Gasteiger partial charge is 0.375 e. The van der Waals surface area contributed by atoms with Gasteiger partial charge in [0, 0.05) is 13.1 Å². The number of anilines is 1. The van der Waals surface area contributed by atoms with Crippen molar-refractivity contribution in [2.75, 3.05) is 24.6 Å². The van der Waals surface area contributed by atoms with E-state index in [0.717, 1.165) is 36.4 Å². The zero-order valence-electron chi connectivity index (χ0n) is 8.99. The molecule has 4 nitrogen and oxygen atoms in total. The van der Waals surface area contributed by atoms with E-state index in [9.17, 15) is 0 Å². The van der Waals surface area contributed by atoms with Gasteiger partial charge in [0.1, 0.15) is 17.3 Å². The number of morpholine rings is 1. The normalized spacial score (nSPS) is 21.2. The van der Waals surface area contributed by atoms with Gasteiger partial charge in [0.2, 0.25) is 0 Å². The molecule has 0 aromatic carbocycles. The van der Waals surface area contributed by atoms with Crippen molar-refractivity contribution in [3.63, 3.8) is 0 Å². The van der Waals surface area contributed by atoms with Crippen LogP contribution in [0, 0.1) is 0 Å². The Bertz CT molecular complexity index is 377. The molecule has 0 radical (unpaired) electrons. The molecule has 1 atom stereocenters. The van der Waals surface area contributed by atoms with Crippen LogP contribution in [0.4, 0.5) is 5.82 Å². The molecule has 1 aromatic rings. The van der Waals surface area contributed by atoms with Crippen molar-refractivity contribution in [2.24, 2.45) is 0 Å². The van der Waals surface area contributed by atoms with Crippen molar-refractivity contribution in [1.82, 2.24) is 9.97 Å². The van der Waals surface area contributed by atoms with Gasteiger partial charge in [-0.2, -0.15) is 0 Å². The predicted molar refractivity (Wildman–Crippen MR) is 67.0 cm³/mol. The molecular formula is C10H13BrClN3O. The first kappa shape index (κ1) is 12.1. The first-order valence-corrected chi connectivity index (χ1v) is 6.42. The highest BCUT2D eigenvalue weighted by atomic mass is 79.9. The van der Waals surface area contributed by atoms with E-state index in [-0.39, 0.29) is 6.10 Å². The second-order valence-electron chi connectivity index (χ2n) is 3.65. The van der Waals surface area contributed by atoms with Gasteiger partial charge in [-0.25, -0.2) is 9.97 Å². The summed E-state index contributed by atoms with van der Waals surface area (Å²) in [5.74, 6) is 0.849. The summed E-state index contributed by atoms with van der Waals surface area (Å²) in [5, 5.41) is 0.449. The minimum atomic E-state index is 0.273. The van der Waals surface area contributed by atoms with Gasteiger partial charge in [0.05, 0.1) is 17.2 Å². The van der Waals surface area contributed by atoms with Crippen LogP contribution < -0.4 is 4.90 Å². The highest BCUT2D eigenvalue weighted by molar-refractivity contribution is 9.10. The van der Waals surface area contributed by atoms with Crippen molar-refractivity contribution >= 4 is 33.3 Å². The predicted octanol–water partition coefficient (Wildman–Crippen LogP) is 2.51. The van der Waals surface area contributed by atoms with Crippen LogP contribution in [0.3, 0.4) is 0 Å². The molecule has 1 aliphatic heterocycles. The number of ether oxygens (including phenoxy) is 1. The lowest BCUT2D eigenvalue weighted by atomic mass is 10.2. The molecule has 1 saturated heterocycles. The zero-order chi connectivity index (χ0) is 11.5. The molecule has 2 heterocycles. The third-order valence-corrected chi connectivity index (χ3v) is 3.87. The van der Waals surface area contributed by atoms with Crippen molar-refractivity contribution in [3.8, 4) is 0 Å². The lowest BCUT2D eigenvalue weighted by Crippen LogP contribution is -2.42. The number of aromatic nitrogens is 2. The van der Waals surface area contributed by atoms with E-state index in [1.54, 1.807) is 0 Å². The van der Waals surface area contributed by atoms with Gasteiger partial charge in [-0.3, -0.25) is 0 Å². The average molecular weight is 307 g/mol. The van der Waals surface area contributed by atoms with Crippen molar-refractivity contribution < 1.29 is 4.74 Å². The quantitative estimate of drug-likeness (QED) is 0.787. The summed E-state index contributed by atoms with van der Waals surface area (Å²) in [6.45, 7) is 4.54. The molecule has 0 bridgehead atoms. The van der Waals surface area contributed by atoms with Crippen molar-refractivity contribution in [2.45, 2.75) is 19.4 Å². The van der Waals surface area contributed by atoms with Gasteiger partial charge in [0.15, 0.2) is 0 Å². The smallest absolute Gasteiger partial charge is 0.148 e. The number of hydrogen-bond acceptors (Lipinski definition) is 4. The molecule has 6 heteroatoms. The summed E-state index contributed by atoms with van der Waals surface area (Å²) < 4.78 is 6.37. The van der Waals surface area contributed by atoms with E-state index in [2.05, 4.69) is 37.7 Å². The van der Waals surface area contributed by atoms with Crippen LogP contribution in [0.1, 0.15) is 13.3 Å². The third kappa shape index (κ3) is 2.47. The van der Waals surface area contributed by atoms with Gasteiger partial charge in [-0.1, -0.05) is 18.5 Å². The maximum absolute atomic E-state index is 5.95. The molecule has 0 aliphatic carbocycles. The molecule has 16 heavy (non-hydrogen) atoms. The summed E-state index contributed by atoms with van der Waals surface area (Å²) in [6, 6.07) is 0. The maximum Gasteiger partial charge on any atom is 0.148 e. The van der Waals surface area contributed by atoms with Crippen LogP contribution in [-0.2, 0) is 4.74 Å². The van der Waals surface area contributed by atoms with Crippen LogP contribution in [0.5, 0.6) is 0 Å². The van der Waals surface area contributed by atoms with E-state index >= 15 is 0 Å². The van der Waals surface area contributed by atoms with Crippen LogP contribution >= 0.6 is 27.5 Å². The Morgan fingerprint density at radius 2 is 2.44 bits per heavy atom. The van der Waals surface area contributed by atoms with E-state index in [1.807, 2.05) is 0 Å². The molecule has 0 amide bonds. The fourth-order valence-corrected chi connectivity index (χ4v) is 2.30. The van der Waals surface area contributed by atoms with Crippen molar-refractivity contribution in [3.05, 3.63) is 16.0 Å². The molecule has 1 fully saturated rings. The molecule has 1 unspecified atom stereocenters. The second-order valence-corrected chi connectivity index (χ2v) is 4.80. The first-order chi connectivity index (χ1) is 7.72. The first-order valence-electron chi connectivity index (χ1n) is 5.25. The molecule has 0 spiro atoms. The van der Waals surface area contributed by atoms with E-state index in [1.165, 1.54) is 6.33 Å². The monoisotopic (exact) mass is 305 g/mol. The number of hydrogen-bond donors (Lipinski definition) is 0. The zero-order valence-corrected chi connectivity index (χ0v) is 11.3. The molecule has 2 rings (SSSR count). The van der Waals surface area contributed by atoms with E-state index in [4.69, 9.17) is 16.3 Å². The molecular weight excluding hydrogens is 293 g/mol. The lowest BCUT2D eigenvalue weighted by Gasteiger charge is -2.33. The topological polar surface area (TPSA) is 38.2 Å². The fourth-order valence-electron chi connectivity index (χ4n) is 1.72. The summed E-state index contributed by atoms with van der Waals surface area (Å²) >= 11 is 9.37. The van der Waals surface area contributed by atoms with E-state index < -0.39 is 0 Å². The van der Waals surface area contributed by atoms with Crippen LogP contribution in [0.2, 0.25) is 5.15 Å². The summed E-state index contributed by atoms with van der Waals surface area (Å²) in [6.07, 6.45) is 2.76. The minimum Gasteiger partial charge on any atom is -0.375 e. The number of nitrogens with zero attached hydrogens (tertiary/aromatic N) is 3. The Balaban J connectivity index is 2.20. The summed E-state index contributed by atoms with van der Waals surface area (Å²) in [5.41, 5.74) is 0. The molecule has 1 aromatic heterocycles. The standard InChI is InChI=1S/C10H13BrClN3O/c1-2-7-5-15(3-4-16-7)10-8(11)9(12)13-6-14-10/h6-7H,2-5H2,1H3. The van der Waals surface area contributed by atoms with Crippen LogP contribution in [-0.4, -0.2) is 35.8 Å². The van der Waals surface area contributed by atoms with Gasteiger partial charge in [-0.15, -0.1) is 0 Å². The van der Waals surface area contributed by atoms with Gasteiger partial charge in [-0.05, 0) is 22.4 Å². The molecule has 1 aliphatic rings. The number of halogens is 2. The lowest BCUT2D eigenvalue weighted by molar-refractivity contribution is 0.0381. The Morgan fingerprint density at radius 3 is 3.19 bits per heavy atom. The minimum absolute atomic E-state index is 0.273. The summed E-state index contributed by atoms with van der Waals surface area (Å²) in [7, 11) is 0. The maximum atomic E-state index is 5.95. The highest BCUT2D eigenvalue weighted by Gasteiger charge is 2.22. The molecule has 88 valence electrons. The van der Waals surface area contributed by atoms with Gasteiger partial charge in [0.25, 0.3) is 0 Å². The Labute approximate surface area is 108 Å². The Morgan fingerprint density at radius 1 is 1.62 bits per heavy atom. The molecule has 0 N–H and O–H groups in total. The van der Waals surface area contributed by atoms with Crippen LogP contribution in [0.25, 0.3) is 0 Å². The highest BCUT2D eigenvalue weighted by Crippen LogP contribution is 2.30. The summed E-state index contributed by atoms with van der Waals surface area (Å²) in [4.78, 5) is 10.4. The Kier molecular flexibility index (Phi) is 4.00. The van der Waals surface area contributed by atoms with E-state index in [0.29, 0.717) is 5.15 Å². The third-order valence-electron chi connectivity index (χ3n) is 2.62. The van der Waals surface area contributed by atoms with Gasteiger partial charge >= 0.3 is 0 Å². The average Bonchev–Trinajstić information content (AvgIpc) is 2.33. The SMILES string of the molecule is CCC1CN(c2ncnc(Cl)c2Br)CCO1. The molecule has 0 saturated carbocycles. The second kappa shape index (κ2) is 5.29. The Hall–Kier alpha value is -0.390. The van der Waals surface area contributed by atoms with Gasteiger partial charge < -0.3 is 9.64 Å². The van der Waals surface area contributed by atoms with Crippen LogP contribution in [0.15, 0.2) is 10.8 Å². The number of rotatable bonds is 2.